The van der Waals surface area contributed by atoms with Crippen molar-refractivity contribution in [3.8, 4) is 0 Å². The molecule has 0 heterocycles. The predicted octanol–water partition coefficient (Wildman–Crippen LogP) is 1.96. The SMILES string of the molecule is CCN(C)C(=O)Nc1ccccc1C(=O)OC. The molecule has 0 fully saturated rings. The number of esters is 1. The second kappa shape index (κ2) is 5.89. The number of benzene rings is 1. The van der Waals surface area contributed by atoms with Gasteiger partial charge in [0.1, 0.15) is 0 Å². The summed E-state index contributed by atoms with van der Waals surface area (Å²) in [5.74, 6) is -0.472. The Hall–Kier alpha value is -2.04. The van der Waals surface area contributed by atoms with Crippen LogP contribution in [0, 0.1) is 0 Å². The van der Waals surface area contributed by atoms with E-state index in [2.05, 4.69) is 10.1 Å². The zero-order valence-corrected chi connectivity index (χ0v) is 10.2. The Morgan fingerprint density at radius 3 is 2.59 bits per heavy atom. The Balaban J connectivity index is 2.91. The molecular weight excluding hydrogens is 220 g/mol. The van der Waals surface area contributed by atoms with E-state index in [1.54, 1.807) is 31.3 Å². The first-order valence-electron chi connectivity index (χ1n) is 5.29. The van der Waals surface area contributed by atoms with Crippen molar-refractivity contribution in [2.24, 2.45) is 0 Å². The molecule has 0 aromatic heterocycles. The second-order valence-electron chi connectivity index (χ2n) is 3.48. The summed E-state index contributed by atoms with van der Waals surface area (Å²) >= 11 is 0. The Labute approximate surface area is 100 Å². The van der Waals surface area contributed by atoms with Crippen LogP contribution in [0.3, 0.4) is 0 Å². The number of carbonyl (C=O) groups excluding carboxylic acids is 2. The Kier molecular flexibility index (Phi) is 4.51. The highest BCUT2D eigenvalue weighted by Crippen LogP contribution is 2.16. The Morgan fingerprint density at radius 1 is 1.35 bits per heavy atom. The molecule has 0 aliphatic rings. The lowest BCUT2D eigenvalue weighted by Gasteiger charge is -2.16. The van der Waals surface area contributed by atoms with Gasteiger partial charge in [-0.05, 0) is 19.1 Å². The van der Waals surface area contributed by atoms with E-state index >= 15 is 0 Å². The van der Waals surface area contributed by atoms with Gasteiger partial charge in [-0.25, -0.2) is 9.59 Å². The van der Waals surface area contributed by atoms with E-state index in [0.29, 0.717) is 17.8 Å². The van der Waals surface area contributed by atoms with Gasteiger partial charge < -0.3 is 15.0 Å². The molecule has 5 nitrogen and oxygen atoms in total. The second-order valence-corrected chi connectivity index (χ2v) is 3.48. The number of nitrogens with zero attached hydrogens (tertiary/aromatic N) is 1. The van der Waals surface area contributed by atoms with Crippen LogP contribution in [0.15, 0.2) is 24.3 Å². The van der Waals surface area contributed by atoms with Crippen molar-refractivity contribution in [1.29, 1.82) is 0 Å². The van der Waals surface area contributed by atoms with Crippen molar-refractivity contribution in [2.45, 2.75) is 6.92 Å². The van der Waals surface area contributed by atoms with Gasteiger partial charge in [0, 0.05) is 13.6 Å². The van der Waals surface area contributed by atoms with Crippen LogP contribution in [0.1, 0.15) is 17.3 Å². The van der Waals surface area contributed by atoms with Crippen molar-refractivity contribution in [2.75, 3.05) is 26.0 Å². The zero-order valence-electron chi connectivity index (χ0n) is 10.2. The van der Waals surface area contributed by atoms with Gasteiger partial charge in [-0.3, -0.25) is 0 Å². The molecule has 0 aliphatic carbocycles. The maximum absolute atomic E-state index is 11.7. The molecule has 5 heteroatoms. The van der Waals surface area contributed by atoms with E-state index < -0.39 is 5.97 Å². The number of hydrogen-bond acceptors (Lipinski definition) is 3. The van der Waals surface area contributed by atoms with Crippen LogP contribution in [0.25, 0.3) is 0 Å². The van der Waals surface area contributed by atoms with Crippen molar-refractivity contribution >= 4 is 17.7 Å². The maximum atomic E-state index is 11.7. The average molecular weight is 236 g/mol. The number of hydrogen-bond donors (Lipinski definition) is 1. The van der Waals surface area contributed by atoms with E-state index in [1.807, 2.05) is 6.92 Å². The van der Waals surface area contributed by atoms with Gasteiger partial charge in [0.15, 0.2) is 0 Å². The molecule has 1 aromatic carbocycles. The molecule has 17 heavy (non-hydrogen) atoms. The maximum Gasteiger partial charge on any atom is 0.339 e. The number of nitrogens with one attached hydrogen (secondary N) is 1. The smallest absolute Gasteiger partial charge is 0.339 e. The lowest BCUT2D eigenvalue weighted by atomic mass is 10.2. The molecule has 1 N–H and O–H groups in total. The summed E-state index contributed by atoms with van der Waals surface area (Å²) in [6.07, 6.45) is 0. The molecule has 0 saturated carbocycles. The van der Waals surface area contributed by atoms with Crippen LogP contribution in [-0.2, 0) is 4.74 Å². The third-order valence-electron chi connectivity index (χ3n) is 2.40. The molecule has 0 radical (unpaired) electrons. The van der Waals surface area contributed by atoms with E-state index in [4.69, 9.17) is 0 Å². The summed E-state index contributed by atoms with van der Waals surface area (Å²) in [6.45, 7) is 2.46. The summed E-state index contributed by atoms with van der Waals surface area (Å²) in [7, 11) is 2.98. The van der Waals surface area contributed by atoms with E-state index in [1.165, 1.54) is 12.0 Å². The highest BCUT2D eigenvalue weighted by Gasteiger charge is 2.14. The predicted molar refractivity (Wildman–Crippen MR) is 65.1 cm³/mol. The number of anilines is 1. The van der Waals surface area contributed by atoms with Gasteiger partial charge in [0.05, 0.1) is 18.4 Å². The standard InChI is InChI=1S/C12H16N2O3/c1-4-14(2)12(16)13-10-8-6-5-7-9(10)11(15)17-3/h5-8H,4H2,1-3H3,(H,13,16). The van der Waals surface area contributed by atoms with Crippen molar-refractivity contribution in [3.05, 3.63) is 29.8 Å². The fraction of sp³-hybridized carbons (Fsp3) is 0.333. The molecular formula is C12H16N2O3. The largest absolute Gasteiger partial charge is 0.465 e. The third-order valence-corrected chi connectivity index (χ3v) is 2.40. The lowest BCUT2D eigenvalue weighted by Crippen LogP contribution is -2.31. The molecule has 0 unspecified atom stereocenters. The van der Waals surface area contributed by atoms with Gasteiger partial charge in [-0.15, -0.1) is 0 Å². The van der Waals surface area contributed by atoms with Crippen molar-refractivity contribution in [1.82, 2.24) is 4.90 Å². The molecule has 2 amide bonds. The van der Waals surface area contributed by atoms with Gasteiger partial charge in [-0.2, -0.15) is 0 Å². The van der Waals surface area contributed by atoms with Gasteiger partial charge in [-0.1, -0.05) is 12.1 Å². The average Bonchev–Trinajstić information content (AvgIpc) is 2.37. The lowest BCUT2D eigenvalue weighted by molar-refractivity contribution is 0.0602. The molecule has 0 atom stereocenters. The first-order valence-corrected chi connectivity index (χ1v) is 5.29. The number of rotatable bonds is 3. The molecule has 0 spiro atoms. The van der Waals surface area contributed by atoms with E-state index in [9.17, 15) is 9.59 Å². The highest BCUT2D eigenvalue weighted by atomic mass is 16.5. The molecule has 0 bridgehead atoms. The molecule has 1 rings (SSSR count). The summed E-state index contributed by atoms with van der Waals surface area (Å²) in [4.78, 5) is 24.6. The third kappa shape index (κ3) is 3.21. The molecule has 0 aliphatic heterocycles. The minimum Gasteiger partial charge on any atom is -0.465 e. The van der Waals surface area contributed by atoms with Gasteiger partial charge in [0.25, 0.3) is 0 Å². The van der Waals surface area contributed by atoms with Crippen molar-refractivity contribution in [3.63, 3.8) is 0 Å². The van der Waals surface area contributed by atoms with Crippen LogP contribution < -0.4 is 5.32 Å². The fourth-order valence-corrected chi connectivity index (χ4v) is 1.23. The van der Waals surface area contributed by atoms with Crippen LogP contribution >= 0.6 is 0 Å². The van der Waals surface area contributed by atoms with Gasteiger partial charge in [0.2, 0.25) is 0 Å². The first-order chi connectivity index (χ1) is 8.10. The molecule has 92 valence electrons. The Morgan fingerprint density at radius 2 is 2.00 bits per heavy atom. The topological polar surface area (TPSA) is 58.6 Å². The minimum absolute atomic E-state index is 0.260. The quantitative estimate of drug-likeness (QED) is 0.816. The van der Waals surface area contributed by atoms with Crippen molar-refractivity contribution < 1.29 is 14.3 Å². The monoisotopic (exact) mass is 236 g/mol. The molecule has 0 saturated heterocycles. The van der Waals surface area contributed by atoms with Crippen LogP contribution in [0.2, 0.25) is 0 Å². The summed E-state index contributed by atoms with van der Waals surface area (Å²) in [5.41, 5.74) is 0.789. The van der Waals surface area contributed by atoms with Crippen LogP contribution in [-0.4, -0.2) is 37.6 Å². The normalized spacial score (nSPS) is 9.59. The summed E-state index contributed by atoms with van der Waals surface area (Å²) < 4.78 is 4.64. The summed E-state index contributed by atoms with van der Waals surface area (Å²) in [6, 6.07) is 6.46. The first kappa shape index (κ1) is 13.0. The fourth-order valence-electron chi connectivity index (χ4n) is 1.23. The van der Waals surface area contributed by atoms with Crippen LogP contribution in [0.5, 0.6) is 0 Å². The Bertz CT molecular complexity index is 418. The number of para-hydroxylation sites is 1. The van der Waals surface area contributed by atoms with E-state index in [0.717, 1.165) is 0 Å². The zero-order chi connectivity index (χ0) is 12.8. The minimum atomic E-state index is -0.472. The summed E-state index contributed by atoms with van der Waals surface area (Å²) in [5, 5.41) is 2.66. The molecule has 1 aromatic rings. The van der Waals surface area contributed by atoms with E-state index in [-0.39, 0.29) is 6.03 Å². The highest BCUT2D eigenvalue weighted by molar-refractivity contribution is 6.00. The number of methoxy groups -OCH3 is 1. The number of ether oxygens (including phenoxy) is 1. The number of carbonyl (C=O) groups is 2. The van der Waals surface area contributed by atoms with Crippen LogP contribution in [0.4, 0.5) is 10.5 Å². The number of urea groups is 1. The van der Waals surface area contributed by atoms with Gasteiger partial charge >= 0.3 is 12.0 Å². The number of amides is 2.